The normalized spacial score (nSPS) is 42.3. The summed E-state index contributed by atoms with van der Waals surface area (Å²) in [7, 11) is 0. The van der Waals surface area contributed by atoms with Gasteiger partial charge in [0, 0.05) is 5.41 Å². The smallest absolute Gasteiger partial charge is 0.115 e. The van der Waals surface area contributed by atoms with Gasteiger partial charge in [0.15, 0.2) is 0 Å². The lowest BCUT2D eigenvalue weighted by Gasteiger charge is -2.52. The van der Waals surface area contributed by atoms with Gasteiger partial charge in [-0.2, -0.15) is 0 Å². The second-order valence-electron chi connectivity index (χ2n) is 8.22. The Hall–Kier alpha value is -1.28. The summed E-state index contributed by atoms with van der Waals surface area (Å²) in [5.74, 6) is 2.31. The maximum atomic E-state index is 11.2. The molecular weight excluding hydrogens is 284 g/mol. The van der Waals surface area contributed by atoms with Crippen LogP contribution in [0.1, 0.15) is 63.0 Å². The number of benzene rings is 1. The predicted molar refractivity (Wildman–Crippen MR) is 92.5 cm³/mol. The van der Waals surface area contributed by atoms with E-state index >= 15 is 0 Å². The third-order valence-corrected chi connectivity index (χ3v) is 7.37. The van der Waals surface area contributed by atoms with E-state index in [2.05, 4.69) is 19.1 Å². The molecule has 3 aliphatic rings. The van der Waals surface area contributed by atoms with Gasteiger partial charge in [-0.3, -0.25) is 0 Å². The summed E-state index contributed by atoms with van der Waals surface area (Å²) in [6, 6.07) is 5.96. The van der Waals surface area contributed by atoms with E-state index in [1.807, 2.05) is 25.1 Å². The first-order valence-electron chi connectivity index (χ1n) is 9.16. The van der Waals surface area contributed by atoms with E-state index in [4.69, 9.17) is 0 Å². The molecule has 124 valence electrons. The van der Waals surface area contributed by atoms with Crippen molar-refractivity contribution in [3.8, 4) is 5.75 Å². The maximum absolute atomic E-state index is 11.2. The molecule has 4 rings (SSSR count). The van der Waals surface area contributed by atoms with Crippen LogP contribution in [0.25, 0.3) is 0 Å². The lowest BCUT2D eigenvalue weighted by atomic mass is 9.53. The van der Waals surface area contributed by atoms with Crippen molar-refractivity contribution < 1.29 is 10.2 Å². The molecule has 2 saturated carbocycles. The van der Waals surface area contributed by atoms with E-state index in [0.29, 0.717) is 23.5 Å². The van der Waals surface area contributed by atoms with Crippen molar-refractivity contribution in [3.05, 3.63) is 41.5 Å². The zero-order valence-corrected chi connectivity index (χ0v) is 14.3. The largest absolute Gasteiger partial charge is 0.508 e. The van der Waals surface area contributed by atoms with Crippen LogP contribution in [-0.2, 0) is 6.42 Å². The molecule has 2 nitrogen and oxygen atoms in total. The molecule has 2 fully saturated rings. The van der Waals surface area contributed by atoms with Gasteiger partial charge >= 0.3 is 0 Å². The first kappa shape index (κ1) is 15.3. The number of aryl methyl sites for hydroxylation is 1. The minimum atomic E-state index is -0.618. The van der Waals surface area contributed by atoms with Crippen LogP contribution in [0.5, 0.6) is 5.75 Å². The Balaban J connectivity index is 1.70. The van der Waals surface area contributed by atoms with Crippen molar-refractivity contribution in [2.45, 2.75) is 63.9 Å². The fraction of sp³-hybridized carbons (Fsp3) is 0.619. The van der Waals surface area contributed by atoms with Gasteiger partial charge in [0.25, 0.3) is 0 Å². The van der Waals surface area contributed by atoms with Gasteiger partial charge in [-0.1, -0.05) is 25.1 Å². The first-order valence-corrected chi connectivity index (χ1v) is 9.16. The molecule has 0 bridgehead atoms. The summed E-state index contributed by atoms with van der Waals surface area (Å²) in [5, 5.41) is 21.0. The molecule has 1 aromatic carbocycles. The molecule has 0 amide bonds. The van der Waals surface area contributed by atoms with Crippen LogP contribution in [-0.4, -0.2) is 15.8 Å². The molecule has 3 aliphatic carbocycles. The van der Waals surface area contributed by atoms with Crippen LogP contribution >= 0.6 is 0 Å². The van der Waals surface area contributed by atoms with Crippen LogP contribution < -0.4 is 0 Å². The van der Waals surface area contributed by atoms with Crippen LogP contribution in [0.15, 0.2) is 30.4 Å². The van der Waals surface area contributed by atoms with Crippen molar-refractivity contribution >= 4 is 0 Å². The average molecular weight is 312 g/mol. The molecule has 0 spiro atoms. The standard InChI is InChI=1S/C21H28O2/c1-3-10-21(23)12-9-19-18-6-4-14-13-15(22)5-7-16(14)17(18)8-11-20(19,21)2/h3,5,7,10,13,17-19,22-23H,4,6,8-9,11-12H2,1-2H3/t17-,18-,19+,20+,21+/m1/s1. The Morgan fingerprint density at radius 1 is 1.17 bits per heavy atom. The summed E-state index contributed by atoms with van der Waals surface area (Å²) in [4.78, 5) is 0. The van der Waals surface area contributed by atoms with Crippen LogP contribution in [0.2, 0.25) is 0 Å². The van der Waals surface area contributed by atoms with Gasteiger partial charge in [-0.15, -0.1) is 0 Å². The van der Waals surface area contributed by atoms with E-state index in [1.54, 1.807) is 0 Å². The van der Waals surface area contributed by atoms with E-state index in [0.717, 1.165) is 32.1 Å². The van der Waals surface area contributed by atoms with Gasteiger partial charge in [0.05, 0.1) is 5.60 Å². The Kier molecular flexibility index (Phi) is 3.39. The number of allylic oxidation sites excluding steroid dienone is 1. The fourth-order valence-corrected chi connectivity index (χ4v) is 6.17. The van der Waals surface area contributed by atoms with E-state index < -0.39 is 5.60 Å². The average Bonchev–Trinajstić information content (AvgIpc) is 2.79. The van der Waals surface area contributed by atoms with Gasteiger partial charge in [0.2, 0.25) is 0 Å². The predicted octanol–water partition coefficient (Wildman–Crippen LogP) is 4.56. The Labute approximate surface area is 139 Å². The minimum absolute atomic E-state index is 0.0229. The number of aromatic hydroxyl groups is 1. The second kappa shape index (κ2) is 5.11. The quantitative estimate of drug-likeness (QED) is 0.747. The molecule has 0 aromatic heterocycles. The zero-order valence-electron chi connectivity index (χ0n) is 14.3. The molecule has 2 N–H and O–H groups in total. The molecule has 0 radical (unpaired) electrons. The third kappa shape index (κ3) is 2.04. The Morgan fingerprint density at radius 2 is 2.00 bits per heavy atom. The summed E-state index contributed by atoms with van der Waals surface area (Å²) >= 11 is 0. The zero-order chi connectivity index (χ0) is 16.2. The van der Waals surface area contributed by atoms with E-state index in [9.17, 15) is 10.2 Å². The molecule has 23 heavy (non-hydrogen) atoms. The molecule has 1 aromatic rings. The highest BCUT2D eigenvalue weighted by molar-refractivity contribution is 5.40. The van der Waals surface area contributed by atoms with Crippen molar-refractivity contribution in [1.82, 2.24) is 0 Å². The van der Waals surface area contributed by atoms with Gasteiger partial charge in [-0.25, -0.2) is 0 Å². The van der Waals surface area contributed by atoms with Crippen molar-refractivity contribution in [1.29, 1.82) is 0 Å². The molecule has 2 heteroatoms. The summed E-state index contributed by atoms with van der Waals surface area (Å²) in [6.07, 6.45) is 10.7. The van der Waals surface area contributed by atoms with Gasteiger partial charge in [-0.05, 0) is 86.5 Å². The molecular formula is C21H28O2. The van der Waals surface area contributed by atoms with E-state index in [-0.39, 0.29) is 5.41 Å². The SMILES string of the molecule is CC=C[C@]1(O)CC[C@H]2[C@@H]3CCc4cc(O)ccc4[C@H]3CC[C@@]21C. The van der Waals surface area contributed by atoms with Crippen molar-refractivity contribution in [2.24, 2.45) is 17.3 Å². The maximum Gasteiger partial charge on any atom is 0.115 e. The van der Waals surface area contributed by atoms with Crippen molar-refractivity contribution in [2.75, 3.05) is 0 Å². The highest BCUT2D eigenvalue weighted by Crippen LogP contribution is 2.64. The third-order valence-electron chi connectivity index (χ3n) is 7.37. The number of rotatable bonds is 1. The molecule has 0 aliphatic heterocycles. The Morgan fingerprint density at radius 3 is 2.78 bits per heavy atom. The monoisotopic (exact) mass is 312 g/mol. The lowest BCUT2D eigenvalue weighted by Crippen LogP contribution is -2.49. The number of fused-ring (bicyclic) bond motifs is 5. The Bertz CT molecular complexity index is 649. The first-order chi connectivity index (χ1) is 11.0. The number of hydrogen-bond acceptors (Lipinski definition) is 2. The molecule has 0 heterocycles. The molecule has 0 saturated heterocycles. The number of aliphatic hydroxyl groups is 1. The summed E-state index contributed by atoms with van der Waals surface area (Å²) < 4.78 is 0. The van der Waals surface area contributed by atoms with Crippen molar-refractivity contribution in [3.63, 3.8) is 0 Å². The van der Waals surface area contributed by atoms with Crippen LogP contribution in [0, 0.1) is 17.3 Å². The highest BCUT2D eigenvalue weighted by atomic mass is 16.3. The number of phenolic OH excluding ortho intramolecular Hbond substituents is 1. The lowest BCUT2D eigenvalue weighted by molar-refractivity contribution is -0.0710. The fourth-order valence-electron chi connectivity index (χ4n) is 6.17. The second-order valence-corrected chi connectivity index (χ2v) is 8.22. The summed E-state index contributed by atoms with van der Waals surface area (Å²) in [6.45, 7) is 4.34. The van der Waals surface area contributed by atoms with Gasteiger partial charge in [0.1, 0.15) is 5.75 Å². The molecule has 0 unspecified atom stereocenters. The summed E-state index contributed by atoms with van der Waals surface area (Å²) in [5.41, 5.74) is 2.21. The number of phenols is 1. The van der Waals surface area contributed by atoms with Gasteiger partial charge < -0.3 is 10.2 Å². The van der Waals surface area contributed by atoms with Crippen LogP contribution in [0.4, 0.5) is 0 Å². The minimum Gasteiger partial charge on any atom is -0.508 e. The van der Waals surface area contributed by atoms with Crippen LogP contribution in [0.3, 0.4) is 0 Å². The van der Waals surface area contributed by atoms with E-state index in [1.165, 1.54) is 17.5 Å². The molecule has 5 atom stereocenters. The highest BCUT2D eigenvalue weighted by Gasteiger charge is 2.60. The topological polar surface area (TPSA) is 40.5 Å². The number of hydrogen-bond donors (Lipinski definition) is 2.